The highest BCUT2D eigenvalue weighted by Crippen LogP contribution is 2.36. The molecule has 2 aromatic heterocycles. The first-order chi connectivity index (χ1) is 7.88. The van der Waals surface area contributed by atoms with E-state index < -0.39 is 17.2 Å². The molecule has 0 N–H and O–H groups in total. The maximum absolute atomic E-state index is 12.5. The van der Waals surface area contributed by atoms with E-state index in [1.54, 1.807) is 11.4 Å². The summed E-state index contributed by atoms with van der Waals surface area (Å²) in [5, 5.41) is 1.32. The first-order valence-corrected chi connectivity index (χ1v) is 6.28. The number of hydrogen-bond acceptors (Lipinski definition) is 3. The highest BCUT2D eigenvalue weighted by Gasteiger charge is 2.33. The van der Waals surface area contributed by atoms with Crippen LogP contribution in [0.1, 0.15) is 5.69 Å². The fourth-order valence-electron chi connectivity index (χ4n) is 1.16. The van der Waals surface area contributed by atoms with Crippen LogP contribution < -0.4 is 0 Å². The zero-order chi connectivity index (χ0) is 12.6. The summed E-state index contributed by atoms with van der Waals surface area (Å²) in [5.74, 6) is 0. The summed E-state index contributed by atoms with van der Waals surface area (Å²) >= 11 is 9.99. The van der Waals surface area contributed by atoms with Crippen LogP contribution in [0.3, 0.4) is 0 Å². The third kappa shape index (κ3) is 2.78. The summed E-state index contributed by atoms with van der Waals surface area (Å²) in [7, 11) is 0. The normalized spacial score (nSPS) is 11.8. The van der Waals surface area contributed by atoms with E-state index in [0.717, 1.165) is 6.07 Å². The fraction of sp³-hybridized carbons (Fsp3) is 0.111. The fourth-order valence-corrected chi connectivity index (χ4v) is 2.87. The van der Waals surface area contributed by atoms with Crippen LogP contribution in [0.2, 0.25) is 5.28 Å². The average molecular weight is 344 g/mol. The molecule has 0 fully saturated rings. The summed E-state index contributed by atoms with van der Waals surface area (Å²) in [6.45, 7) is 0. The minimum Gasteiger partial charge on any atom is -0.217 e. The zero-order valence-electron chi connectivity index (χ0n) is 7.92. The predicted octanol–water partition coefficient (Wildman–Crippen LogP) is 4.64. The van der Waals surface area contributed by atoms with Crippen molar-refractivity contribution in [2.45, 2.75) is 6.18 Å². The van der Waals surface area contributed by atoms with Crippen molar-refractivity contribution in [3.05, 3.63) is 33.0 Å². The lowest BCUT2D eigenvalue weighted by Gasteiger charge is -2.07. The number of nitrogens with zero attached hydrogens (tertiary/aromatic N) is 2. The maximum Gasteiger partial charge on any atom is 0.433 e. The molecular weight excluding hydrogens is 341 g/mol. The zero-order valence-corrected chi connectivity index (χ0v) is 11.1. The minimum absolute atomic E-state index is 0.152. The molecule has 2 rings (SSSR count). The molecule has 17 heavy (non-hydrogen) atoms. The molecular formula is C9H3BrClF3N2S. The Labute approximate surface area is 112 Å². The van der Waals surface area contributed by atoms with Crippen molar-refractivity contribution in [2.24, 2.45) is 0 Å². The van der Waals surface area contributed by atoms with Crippen molar-refractivity contribution >= 4 is 38.9 Å². The molecule has 0 aromatic carbocycles. The van der Waals surface area contributed by atoms with E-state index in [2.05, 4.69) is 25.9 Å². The predicted molar refractivity (Wildman–Crippen MR) is 63.1 cm³/mol. The standard InChI is InChI=1S/C9H3BrClF3N2S/c10-4-1-2-17-7(4)5-3-6(9(12,13)14)16-8(11)15-5/h1-3H. The average Bonchev–Trinajstić information content (AvgIpc) is 2.62. The van der Waals surface area contributed by atoms with Crippen molar-refractivity contribution in [3.63, 3.8) is 0 Å². The summed E-state index contributed by atoms with van der Waals surface area (Å²) in [4.78, 5) is 7.53. The summed E-state index contributed by atoms with van der Waals surface area (Å²) < 4.78 is 38.3. The van der Waals surface area contributed by atoms with E-state index in [4.69, 9.17) is 11.6 Å². The molecule has 0 bridgehead atoms. The van der Waals surface area contributed by atoms with E-state index in [1.165, 1.54) is 11.3 Å². The Bertz CT molecular complexity index is 555. The molecule has 2 aromatic rings. The molecule has 0 aliphatic carbocycles. The molecule has 0 saturated heterocycles. The van der Waals surface area contributed by atoms with E-state index in [9.17, 15) is 13.2 Å². The van der Waals surface area contributed by atoms with E-state index in [0.29, 0.717) is 9.35 Å². The molecule has 0 amide bonds. The van der Waals surface area contributed by atoms with Gasteiger partial charge in [0.25, 0.3) is 0 Å². The summed E-state index contributed by atoms with van der Waals surface area (Å²) in [6, 6.07) is 2.60. The first-order valence-electron chi connectivity index (χ1n) is 4.23. The van der Waals surface area contributed by atoms with E-state index in [-0.39, 0.29) is 5.69 Å². The van der Waals surface area contributed by atoms with Crippen molar-refractivity contribution in [2.75, 3.05) is 0 Å². The monoisotopic (exact) mass is 342 g/mol. The minimum atomic E-state index is -4.54. The maximum atomic E-state index is 12.5. The van der Waals surface area contributed by atoms with Gasteiger partial charge in [0.05, 0.1) is 10.6 Å². The third-order valence-corrected chi connectivity index (χ3v) is 3.87. The van der Waals surface area contributed by atoms with Crippen molar-refractivity contribution in [1.29, 1.82) is 0 Å². The van der Waals surface area contributed by atoms with E-state index in [1.807, 2.05) is 0 Å². The van der Waals surface area contributed by atoms with Crippen molar-refractivity contribution in [1.82, 2.24) is 9.97 Å². The smallest absolute Gasteiger partial charge is 0.217 e. The van der Waals surface area contributed by atoms with Gasteiger partial charge in [-0.2, -0.15) is 13.2 Å². The van der Waals surface area contributed by atoms with Crippen LogP contribution in [0, 0.1) is 0 Å². The third-order valence-electron chi connectivity index (χ3n) is 1.84. The van der Waals surface area contributed by atoms with Crippen LogP contribution in [0.5, 0.6) is 0 Å². The lowest BCUT2D eigenvalue weighted by atomic mass is 10.3. The molecule has 8 heteroatoms. The number of halogens is 5. The van der Waals surface area contributed by atoms with Crippen LogP contribution in [0.4, 0.5) is 13.2 Å². The van der Waals surface area contributed by atoms with Gasteiger partial charge >= 0.3 is 6.18 Å². The van der Waals surface area contributed by atoms with Gasteiger partial charge in [-0.3, -0.25) is 0 Å². The SMILES string of the molecule is FC(F)(F)c1cc(-c2sccc2Br)nc(Cl)n1. The molecule has 2 heterocycles. The Hall–Kier alpha value is -0.660. The molecule has 0 saturated carbocycles. The Morgan fingerprint density at radius 1 is 1.29 bits per heavy atom. The second-order valence-electron chi connectivity index (χ2n) is 3.00. The molecule has 0 radical (unpaired) electrons. The molecule has 0 aliphatic rings. The van der Waals surface area contributed by atoms with Crippen LogP contribution in [-0.4, -0.2) is 9.97 Å². The lowest BCUT2D eigenvalue weighted by molar-refractivity contribution is -0.141. The molecule has 0 atom stereocenters. The Balaban J connectivity index is 2.57. The van der Waals surface area contributed by atoms with Gasteiger partial charge in [-0.15, -0.1) is 11.3 Å². The second-order valence-corrected chi connectivity index (χ2v) is 5.11. The number of rotatable bonds is 1. The Morgan fingerprint density at radius 2 is 2.00 bits per heavy atom. The number of thiophene rings is 1. The lowest BCUT2D eigenvalue weighted by Crippen LogP contribution is -2.09. The number of hydrogen-bond donors (Lipinski definition) is 0. The van der Waals surface area contributed by atoms with Crippen LogP contribution in [0.25, 0.3) is 10.6 Å². The molecule has 2 nitrogen and oxygen atoms in total. The highest BCUT2D eigenvalue weighted by molar-refractivity contribution is 9.10. The van der Waals surface area contributed by atoms with Gasteiger partial charge in [-0.1, -0.05) is 0 Å². The van der Waals surface area contributed by atoms with Crippen LogP contribution in [-0.2, 0) is 6.18 Å². The van der Waals surface area contributed by atoms with Crippen molar-refractivity contribution in [3.8, 4) is 10.6 Å². The molecule has 90 valence electrons. The topological polar surface area (TPSA) is 25.8 Å². The Morgan fingerprint density at radius 3 is 2.53 bits per heavy atom. The van der Waals surface area contributed by atoms with Gasteiger partial charge in [0, 0.05) is 4.47 Å². The molecule has 0 spiro atoms. The van der Waals surface area contributed by atoms with E-state index >= 15 is 0 Å². The van der Waals surface area contributed by atoms with Gasteiger partial charge in [0.2, 0.25) is 5.28 Å². The van der Waals surface area contributed by atoms with Crippen LogP contribution in [0.15, 0.2) is 22.0 Å². The summed E-state index contributed by atoms with van der Waals surface area (Å²) in [5.41, 5.74) is -0.896. The second kappa shape index (κ2) is 4.55. The van der Waals surface area contributed by atoms with Gasteiger partial charge < -0.3 is 0 Å². The van der Waals surface area contributed by atoms with Gasteiger partial charge in [-0.25, -0.2) is 9.97 Å². The van der Waals surface area contributed by atoms with Crippen molar-refractivity contribution < 1.29 is 13.2 Å². The molecule has 0 aliphatic heterocycles. The van der Waals surface area contributed by atoms with Gasteiger partial charge in [-0.05, 0) is 45.0 Å². The molecule has 0 unspecified atom stereocenters. The summed E-state index contributed by atoms with van der Waals surface area (Å²) in [6.07, 6.45) is -4.54. The largest absolute Gasteiger partial charge is 0.433 e. The first kappa shape index (κ1) is 12.8. The van der Waals surface area contributed by atoms with Crippen LogP contribution >= 0.6 is 38.9 Å². The highest BCUT2D eigenvalue weighted by atomic mass is 79.9. The van der Waals surface area contributed by atoms with Gasteiger partial charge in [0.15, 0.2) is 0 Å². The number of alkyl halides is 3. The van der Waals surface area contributed by atoms with Gasteiger partial charge in [0.1, 0.15) is 5.69 Å². The quantitative estimate of drug-likeness (QED) is 0.705. The Kier molecular flexibility index (Phi) is 3.42. The number of aromatic nitrogens is 2.